The van der Waals surface area contributed by atoms with Crippen LogP contribution in [0.15, 0.2) is 48.8 Å². The van der Waals surface area contributed by atoms with Crippen molar-refractivity contribution in [3.8, 4) is 22.8 Å². The molecule has 1 aliphatic rings. The van der Waals surface area contributed by atoms with Crippen molar-refractivity contribution in [2.24, 2.45) is 0 Å². The molecule has 4 rings (SSSR count). The molecular weight excluding hydrogens is 589 g/mol. The van der Waals surface area contributed by atoms with Crippen LogP contribution in [0.5, 0.6) is 11.5 Å². The summed E-state index contributed by atoms with van der Waals surface area (Å²) in [4.78, 5) is 39.5. The van der Waals surface area contributed by atoms with Gasteiger partial charge >= 0.3 is 6.18 Å². The molecule has 242 valence electrons. The number of pyridine rings is 2. The predicted molar refractivity (Wildman–Crippen MR) is 165 cm³/mol. The topological polar surface area (TPSA) is 109 Å². The maximum absolute atomic E-state index is 14.0. The third kappa shape index (κ3) is 7.83. The van der Waals surface area contributed by atoms with Crippen LogP contribution in [0.3, 0.4) is 0 Å². The predicted octanol–water partition coefficient (Wildman–Crippen LogP) is 4.65. The van der Waals surface area contributed by atoms with Crippen LogP contribution in [0.1, 0.15) is 53.6 Å². The third-order valence-electron chi connectivity index (χ3n) is 7.47. The molecular formula is C32H39F3N6O4. The zero-order chi connectivity index (χ0) is 32.6. The number of amides is 2. The summed E-state index contributed by atoms with van der Waals surface area (Å²) in [6.07, 6.45) is -0.908. The highest BCUT2D eigenvalue weighted by molar-refractivity contribution is 5.99. The molecule has 1 fully saturated rings. The third-order valence-corrected chi connectivity index (χ3v) is 7.47. The van der Waals surface area contributed by atoms with Crippen LogP contribution >= 0.6 is 0 Å². The fourth-order valence-corrected chi connectivity index (χ4v) is 5.31. The summed E-state index contributed by atoms with van der Waals surface area (Å²) in [7, 11) is 1.78. The maximum Gasteiger partial charge on any atom is 0.417 e. The molecule has 3 heterocycles. The lowest BCUT2D eigenvalue weighted by Crippen LogP contribution is -2.55. The number of halogens is 3. The molecule has 0 spiro atoms. The summed E-state index contributed by atoms with van der Waals surface area (Å²) in [5.41, 5.74) is 0.368. The second kappa shape index (κ2) is 15.1. The van der Waals surface area contributed by atoms with Gasteiger partial charge in [-0.05, 0) is 57.6 Å². The van der Waals surface area contributed by atoms with E-state index in [1.807, 2.05) is 24.8 Å². The number of likely N-dealkylation sites (N-methyl/N-ethyl adjacent to an activating group) is 1. The summed E-state index contributed by atoms with van der Waals surface area (Å²) in [6.45, 7) is 7.47. The average molecular weight is 629 g/mol. The molecule has 3 aromatic rings. The Morgan fingerprint density at radius 3 is 2.47 bits per heavy atom. The zero-order valence-corrected chi connectivity index (χ0v) is 25.9. The highest BCUT2D eigenvalue weighted by Crippen LogP contribution is 2.38. The molecule has 10 nitrogen and oxygen atoms in total. The van der Waals surface area contributed by atoms with Gasteiger partial charge in [-0.1, -0.05) is 6.92 Å². The second-order valence-corrected chi connectivity index (χ2v) is 10.4. The highest BCUT2D eigenvalue weighted by Gasteiger charge is 2.39. The SMILES string of the molecule is CCOc1ccc(C(=O)N2CCN(c3cc(OCC)c(-c4cccnc4)nc3C(=O)NCCNC)[C@H](CC)C2)c(C(F)(F)F)c1. The number of piperazine rings is 1. The summed E-state index contributed by atoms with van der Waals surface area (Å²) >= 11 is 0. The van der Waals surface area contributed by atoms with Crippen LogP contribution in [0.4, 0.5) is 18.9 Å². The van der Waals surface area contributed by atoms with Crippen molar-refractivity contribution in [1.29, 1.82) is 0 Å². The molecule has 1 saturated heterocycles. The van der Waals surface area contributed by atoms with Crippen LogP contribution in [0.25, 0.3) is 11.3 Å². The number of benzene rings is 1. The van der Waals surface area contributed by atoms with Gasteiger partial charge in [-0.15, -0.1) is 0 Å². The Morgan fingerprint density at radius 2 is 1.82 bits per heavy atom. The van der Waals surface area contributed by atoms with Gasteiger partial charge in [0.05, 0.1) is 30.0 Å². The van der Waals surface area contributed by atoms with Crippen molar-refractivity contribution in [2.45, 2.75) is 39.4 Å². The van der Waals surface area contributed by atoms with Gasteiger partial charge in [0.1, 0.15) is 17.2 Å². The number of nitrogens with zero attached hydrogens (tertiary/aromatic N) is 4. The van der Waals surface area contributed by atoms with E-state index in [-0.39, 0.29) is 49.6 Å². The van der Waals surface area contributed by atoms with E-state index in [0.29, 0.717) is 48.8 Å². The number of nitrogens with one attached hydrogen (secondary N) is 2. The van der Waals surface area contributed by atoms with Crippen LogP contribution in [0, 0.1) is 0 Å². The molecule has 2 N–H and O–H groups in total. The molecule has 13 heteroatoms. The van der Waals surface area contributed by atoms with Crippen molar-refractivity contribution in [2.75, 3.05) is 57.9 Å². The Bertz CT molecular complexity index is 1470. The number of carbonyl (C=O) groups is 2. The van der Waals surface area contributed by atoms with Crippen molar-refractivity contribution in [3.63, 3.8) is 0 Å². The number of carbonyl (C=O) groups excluding carboxylic acids is 2. The molecule has 0 radical (unpaired) electrons. The number of alkyl halides is 3. The van der Waals surface area contributed by atoms with E-state index in [9.17, 15) is 22.8 Å². The molecule has 0 unspecified atom stereocenters. The molecule has 2 amide bonds. The van der Waals surface area contributed by atoms with Gasteiger partial charge in [0.2, 0.25) is 0 Å². The lowest BCUT2D eigenvalue weighted by molar-refractivity contribution is -0.138. The van der Waals surface area contributed by atoms with Gasteiger partial charge in [-0.3, -0.25) is 14.6 Å². The van der Waals surface area contributed by atoms with E-state index in [1.165, 1.54) is 17.0 Å². The number of hydrogen-bond donors (Lipinski definition) is 2. The molecule has 0 aliphatic carbocycles. The van der Waals surface area contributed by atoms with Gasteiger partial charge in [-0.25, -0.2) is 4.98 Å². The van der Waals surface area contributed by atoms with Crippen LogP contribution in [0.2, 0.25) is 0 Å². The molecule has 0 bridgehead atoms. The molecule has 2 aromatic heterocycles. The van der Waals surface area contributed by atoms with Crippen LogP contribution in [-0.4, -0.2) is 85.7 Å². The first kappa shape index (κ1) is 33.5. The first-order valence-electron chi connectivity index (χ1n) is 15.0. The van der Waals surface area contributed by atoms with Crippen LogP contribution in [-0.2, 0) is 6.18 Å². The summed E-state index contributed by atoms with van der Waals surface area (Å²) < 4.78 is 53.3. The Balaban J connectivity index is 1.71. The van der Waals surface area contributed by atoms with Gasteiger partial charge in [0.15, 0.2) is 5.69 Å². The van der Waals surface area contributed by atoms with Gasteiger partial charge < -0.3 is 29.9 Å². The monoisotopic (exact) mass is 628 g/mol. The fraction of sp³-hybridized carbons (Fsp3) is 0.438. The molecule has 1 aromatic carbocycles. The first-order valence-corrected chi connectivity index (χ1v) is 15.0. The summed E-state index contributed by atoms with van der Waals surface area (Å²) in [6, 6.07) is 8.48. The quantitative estimate of drug-likeness (QED) is 0.279. The fourth-order valence-electron chi connectivity index (χ4n) is 5.31. The minimum Gasteiger partial charge on any atom is -0.494 e. The number of ether oxygens (including phenoxy) is 2. The van der Waals surface area contributed by atoms with Crippen molar-refractivity contribution < 1.29 is 32.2 Å². The van der Waals surface area contributed by atoms with Crippen molar-refractivity contribution in [3.05, 3.63) is 65.6 Å². The largest absolute Gasteiger partial charge is 0.494 e. The minimum absolute atomic E-state index is 0.0467. The van der Waals surface area contributed by atoms with E-state index < -0.39 is 23.2 Å². The van der Waals surface area contributed by atoms with E-state index in [2.05, 4.69) is 15.6 Å². The Morgan fingerprint density at radius 1 is 1.04 bits per heavy atom. The summed E-state index contributed by atoms with van der Waals surface area (Å²) in [5, 5.41) is 5.89. The smallest absolute Gasteiger partial charge is 0.417 e. The first-order chi connectivity index (χ1) is 21.6. The number of rotatable bonds is 12. The highest BCUT2D eigenvalue weighted by atomic mass is 19.4. The van der Waals surface area contributed by atoms with Crippen molar-refractivity contribution in [1.82, 2.24) is 25.5 Å². The molecule has 45 heavy (non-hydrogen) atoms. The molecule has 1 aliphatic heterocycles. The van der Waals surface area contributed by atoms with E-state index in [4.69, 9.17) is 14.5 Å². The normalized spacial score (nSPS) is 15.1. The number of anilines is 1. The Hall–Kier alpha value is -4.39. The summed E-state index contributed by atoms with van der Waals surface area (Å²) in [5.74, 6) is -0.588. The lowest BCUT2D eigenvalue weighted by atomic mass is 10.0. The molecule has 1 atom stereocenters. The van der Waals surface area contributed by atoms with E-state index >= 15 is 0 Å². The van der Waals surface area contributed by atoms with Crippen molar-refractivity contribution >= 4 is 17.5 Å². The Kier molecular flexibility index (Phi) is 11.2. The minimum atomic E-state index is -4.74. The number of aromatic nitrogens is 2. The maximum atomic E-state index is 14.0. The second-order valence-electron chi connectivity index (χ2n) is 10.4. The van der Waals surface area contributed by atoms with Gasteiger partial charge in [0.25, 0.3) is 11.8 Å². The molecule has 0 saturated carbocycles. The van der Waals surface area contributed by atoms with Gasteiger partial charge in [0, 0.05) is 62.8 Å². The average Bonchev–Trinajstić information content (AvgIpc) is 3.04. The van der Waals surface area contributed by atoms with E-state index in [1.54, 1.807) is 38.5 Å². The zero-order valence-electron chi connectivity index (χ0n) is 25.9. The lowest BCUT2D eigenvalue weighted by Gasteiger charge is -2.43. The van der Waals surface area contributed by atoms with Gasteiger partial charge in [-0.2, -0.15) is 13.2 Å². The van der Waals surface area contributed by atoms with Crippen LogP contribution < -0.4 is 25.0 Å². The Labute approximate surface area is 260 Å². The van der Waals surface area contributed by atoms with E-state index in [0.717, 1.165) is 6.07 Å². The number of hydrogen-bond acceptors (Lipinski definition) is 8. The standard InChI is InChI=1S/C32H39F3N6O4/c1-5-22-20-40(31(43)24-11-10-23(44-6-2)17-25(24)32(33,34)35)15-16-41(22)26-18-27(45-7-3)28(21-9-8-12-37-19-21)39-29(26)30(42)38-14-13-36-4/h8-12,17-19,22,36H,5-7,13-16,20H2,1-4H3,(H,38,42)/t22-/m1/s1.